The Balaban J connectivity index is 2.31. The molecule has 1 aromatic carbocycles. The minimum Gasteiger partial charge on any atom is -0.310 e. The van der Waals surface area contributed by atoms with Gasteiger partial charge < -0.3 is 5.32 Å². The second-order valence-electron chi connectivity index (χ2n) is 5.55. The highest BCUT2D eigenvalue weighted by Gasteiger charge is 2.18. The van der Waals surface area contributed by atoms with Crippen molar-refractivity contribution >= 4 is 15.9 Å². The van der Waals surface area contributed by atoms with Crippen LogP contribution in [0.4, 0.5) is 0 Å². The second-order valence-corrected chi connectivity index (χ2v) is 6.41. The molecule has 4 nitrogen and oxygen atoms in total. The van der Waals surface area contributed by atoms with Crippen LogP contribution in [0.25, 0.3) is 0 Å². The average molecular weight is 351 g/mol. The maximum Gasteiger partial charge on any atom is 0.138 e. The Morgan fingerprint density at radius 1 is 1.33 bits per heavy atom. The molecule has 0 amide bonds. The maximum atomic E-state index is 4.43. The molecule has 0 saturated heterocycles. The van der Waals surface area contributed by atoms with E-state index in [1.54, 1.807) is 6.33 Å². The molecular formula is C16H23BrN4. The molecule has 1 unspecified atom stereocenters. The van der Waals surface area contributed by atoms with Gasteiger partial charge in [0.2, 0.25) is 0 Å². The molecule has 0 bridgehead atoms. The number of halogens is 1. The average Bonchev–Trinajstić information content (AvgIpc) is 2.89. The van der Waals surface area contributed by atoms with Crippen LogP contribution >= 0.6 is 15.9 Å². The number of hydrogen-bond donors (Lipinski definition) is 1. The van der Waals surface area contributed by atoms with Crippen LogP contribution < -0.4 is 5.32 Å². The van der Waals surface area contributed by atoms with Gasteiger partial charge in [-0.15, -0.1) is 0 Å². The number of benzene rings is 1. The maximum absolute atomic E-state index is 4.43. The van der Waals surface area contributed by atoms with E-state index < -0.39 is 0 Å². The lowest BCUT2D eigenvalue weighted by Gasteiger charge is -2.21. The summed E-state index contributed by atoms with van der Waals surface area (Å²) < 4.78 is 3.13. The highest BCUT2D eigenvalue weighted by atomic mass is 79.9. The summed E-state index contributed by atoms with van der Waals surface area (Å²) in [6, 6.07) is 7.01. The fraction of sp³-hybridized carbons (Fsp3) is 0.500. The van der Waals surface area contributed by atoms with E-state index in [4.69, 9.17) is 0 Å². The van der Waals surface area contributed by atoms with Crippen LogP contribution in [-0.2, 0) is 6.42 Å². The molecule has 1 atom stereocenters. The van der Waals surface area contributed by atoms with E-state index >= 15 is 0 Å². The molecule has 5 heteroatoms. The monoisotopic (exact) mass is 350 g/mol. The Morgan fingerprint density at radius 3 is 2.76 bits per heavy atom. The lowest BCUT2D eigenvalue weighted by atomic mass is 10.0. The fourth-order valence-corrected chi connectivity index (χ4v) is 3.03. The van der Waals surface area contributed by atoms with E-state index in [9.17, 15) is 0 Å². The predicted octanol–water partition coefficient (Wildman–Crippen LogP) is 3.82. The molecule has 0 aliphatic carbocycles. The first kappa shape index (κ1) is 16.2. The molecular weight excluding hydrogens is 328 g/mol. The number of rotatable bonds is 6. The van der Waals surface area contributed by atoms with Crippen LogP contribution in [-0.4, -0.2) is 21.3 Å². The number of likely N-dealkylation sites (N-methyl/N-ethyl adjacent to an activating group) is 1. The third-order valence-electron chi connectivity index (χ3n) is 3.50. The summed E-state index contributed by atoms with van der Waals surface area (Å²) in [7, 11) is 0. The standard InChI is InChI=1S/C16H23BrN4/c1-5-18-15(13-8-12(4)6-7-14(13)17)9-16-19-10-20-21(16)11(2)3/h6-8,10-11,15,18H,5,9H2,1-4H3. The van der Waals surface area contributed by atoms with Crippen molar-refractivity contribution in [2.45, 2.75) is 46.2 Å². The van der Waals surface area contributed by atoms with E-state index in [2.05, 4.69) is 77.2 Å². The zero-order chi connectivity index (χ0) is 15.4. The molecule has 1 aromatic heterocycles. The molecule has 0 spiro atoms. The molecule has 0 aliphatic heterocycles. The highest BCUT2D eigenvalue weighted by Crippen LogP contribution is 2.27. The highest BCUT2D eigenvalue weighted by molar-refractivity contribution is 9.10. The summed E-state index contributed by atoms with van der Waals surface area (Å²) in [4.78, 5) is 4.43. The van der Waals surface area contributed by atoms with Gasteiger partial charge in [0.15, 0.2) is 0 Å². The van der Waals surface area contributed by atoms with Crippen molar-refractivity contribution in [1.29, 1.82) is 0 Å². The lowest BCUT2D eigenvalue weighted by molar-refractivity contribution is 0.468. The number of hydrogen-bond acceptors (Lipinski definition) is 3. The van der Waals surface area contributed by atoms with Crippen LogP contribution in [0.15, 0.2) is 29.0 Å². The number of aromatic nitrogens is 3. The summed E-state index contributed by atoms with van der Waals surface area (Å²) in [5, 5.41) is 7.89. The molecule has 21 heavy (non-hydrogen) atoms. The summed E-state index contributed by atoms with van der Waals surface area (Å²) >= 11 is 3.67. The topological polar surface area (TPSA) is 42.7 Å². The third kappa shape index (κ3) is 3.92. The van der Waals surface area contributed by atoms with E-state index in [1.807, 2.05) is 4.68 Å². The first-order valence-corrected chi connectivity index (χ1v) is 8.20. The molecule has 2 rings (SSSR count). The van der Waals surface area contributed by atoms with Crippen LogP contribution in [0, 0.1) is 6.92 Å². The van der Waals surface area contributed by atoms with Crippen molar-refractivity contribution in [3.63, 3.8) is 0 Å². The largest absolute Gasteiger partial charge is 0.310 e. The summed E-state index contributed by atoms with van der Waals surface area (Å²) in [5.41, 5.74) is 2.54. The van der Waals surface area contributed by atoms with Crippen molar-refractivity contribution in [3.05, 3.63) is 46.0 Å². The van der Waals surface area contributed by atoms with E-state index in [-0.39, 0.29) is 6.04 Å². The molecule has 0 saturated carbocycles. The number of nitrogens with zero attached hydrogens (tertiary/aromatic N) is 3. The van der Waals surface area contributed by atoms with Gasteiger partial charge in [-0.25, -0.2) is 9.67 Å². The normalized spacial score (nSPS) is 12.9. The predicted molar refractivity (Wildman–Crippen MR) is 89.4 cm³/mol. The van der Waals surface area contributed by atoms with Crippen molar-refractivity contribution in [2.24, 2.45) is 0 Å². The summed E-state index contributed by atoms with van der Waals surface area (Å²) in [6.07, 6.45) is 2.47. The molecule has 1 heterocycles. The SMILES string of the molecule is CCNC(Cc1ncnn1C(C)C)c1cc(C)ccc1Br. The van der Waals surface area contributed by atoms with Crippen LogP contribution in [0.2, 0.25) is 0 Å². The Morgan fingerprint density at radius 2 is 2.10 bits per heavy atom. The van der Waals surface area contributed by atoms with Gasteiger partial charge in [0, 0.05) is 23.0 Å². The molecule has 2 aromatic rings. The Kier molecular flexibility index (Phi) is 5.53. The molecule has 0 fully saturated rings. The van der Waals surface area contributed by atoms with Crippen LogP contribution in [0.1, 0.15) is 49.8 Å². The van der Waals surface area contributed by atoms with Gasteiger partial charge in [-0.05, 0) is 38.9 Å². The molecule has 114 valence electrons. The van der Waals surface area contributed by atoms with Crippen molar-refractivity contribution in [2.75, 3.05) is 6.54 Å². The van der Waals surface area contributed by atoms with E-state index in [0.29, 0.717) is 6.04 Å². The number of aryl methyl sites for hydroxylation is 1. The van der Waals surface area contributed by atoms with Crippen LogP contribution in [0.5, 0.6) is 0 Å². The lowest BCUT2D eigenvalue weighted by Crippen LogP contribution is -2.25. The van der Waals surface area contributed by atoms with Crippen molar-refractivity contribution in [1.82, 2.24) is 20.1 Å². The van der Waals surface area contributed by atoms with Gasteiger partial charge in [0.05, 0.1) is 0 Å². The minimum atomic E-state index is 0.228. The van der Waals surface area contributed by atoms with Crippen molar-refractivity contribution in [3.8, 4) is 0 Å². The molecule has 0 radical (unpaired) electrons. The Bertz CT molecular complexity index is 592. The van der Waals surface area contributed by atoms with Gasteiger partial charge in [0.1, 0.15) is 12.2 Å². The first-order chi connectivity index (χ1) is 10.0. The molecule has 0 aliphatic rings. The van der Waals surface area contributed by atoms with Crippen molar-refractivity contribution < 1.29 is 0 Å². The van der Waals surface area contributed by atoms with E-state index in [0.717, 1.165) is 23.3 Å². The quantitative estimate of drug-likeness (QED) is 0.860. The van der Waals surface area contributed by atoms with Gasteiger partial charge >= 0.3 is 0 Å². The van der Waals surface area contributed by atoms with Gasteiger partial charge in [-0.1, -0.05) is 40.5 Å². The first-order valence-electron chi connectivity index (χ1n) is 7.40. The Labute approximate surface area is 135 Å². The van der Waals surface area contributed by atoms with Gasteiger partial charge in [-0.2, -0.15) is 5.10 Å². The van der Waals surface area contributed by atoms with Crippen LogP contribution in [0.3, 0.4) is 0 Å². The smallest absolute Gasteiger partial charge is 0.138 e. The number of nitrogens with one attached hydrogen (secondary N) is 1. The fourth-order valence-electron chi connectivity index (χ4n) is 2.50. The summed E-state index contributed by atoms with van der Waals surface area (Å²) in [5.74, 6) is 1.02. The zero-order valence-electron chi connectivity index (χ0n) is 13.1. The Hall–Kier alpha value is -1.20. The third-order valence-corrected chi connectivity index (χ3v) is 4.22. The molecule has 1 N–H and O–H groups in total. The van der Waals surface area contributed by atoms with Gasteiger partial charge in [0.25, 0.3) is 0 Å². The second kappa shape index (κ2) is 7.18. The van der Waals surface area contributed by atoms with E-state index in [1.165, 1.54) is 11.1 Å². The minimum absolute atomic E-state index is 0.228. The van der Waals surface area contributed by atoms with Gasteiger partial charge in [-0.3, -0.25) is 0 Å². The summed E-state index contributed by atoms with van der Waals surface area (Å²) in [6.45, 7) is 9.42. The zero-order valence-corrected chi connectivity index (χ0v) is 14.7.